The van der Waals surface area contributed by atoms with Crippen LogP contribution in [-0.4, -0.2) is 24.3 Å². The number of carbonyl (C=O) groups is 3. The van der Waals surface area contributed by atoms with E-state index in [4.69, 9.17) is 4.74 Å². The molecule has 0 aliphatic rings. The first-order valence-corrected chi connectivity index (χ1v) is 12.6. The minimum Gasteiger partial charge on any atom is -0.466 e. The standard InChI is InChI=1S/C30H27NO4S/c1-3-35-29(33)18-27(25-7-5-4-6-8-25)31-30(34)28-17-26(19-36-28)24-15-13-23(14-16-24)22-11-9-21(10-12-22)20(2)32/h4-17,19,27H,3,18H2,1-2H3,(H,31,34)/t27-/m1/s1. The average molecular weight is 498 g/mol. The SMILES string of the molecule is CCOC(=O)C[C@@H](NC(=O)c1cc(-c2ccc(-c3ccc(C(C)=O)cc3)cc2)cs1)c1ccccc1. The van der Waals surface area contributed by atoms with Gasteiger partial charge >= 0.3 is 5.97 Å². The molecule has 1 atom stereocenters. The number of ketones is 1. The highest BCUT2D eigenvalue weighted by molar-refractivity contribution is 7.12. The number of carbonyl (C=O) groups excluding carboxylic acids is 3. The third kappa shape index (κ3) is 6.15. The summed E-state index contributed by atoms with van der Waals surface area (Å²) < 4.78 is 5.10. The van der Waals surface area contributed by atoms with E-state index in [0.717, 1.165) is 27.8 Å². The summed E-state index contributed by atoms with van der Waals surface area (Å²) in [6, 6.07) is 26.5. The van der Waals surface area contributed by atoms with Gasteiger partial charge in [-0.15, -0.1) is 11.3 Å². The van der Waals surface area contributed by atoms with Gasteiger partial charge < -0.3 is 10.1 Å². The number of esters is 1. The van der Waals surface area contributed by atoms with Gasteiger partial charge in [-0.05, 0) is 53.1 Å². The van der Waals surface area contributed by atoms with Gasteiger partial charge in [0, 0.05) is 5.56 Å². The fourth-order valence-corrected chi connectivity index (χ4v) is 4.73. The number of rotatable bonds is 9. The van der Waals surface area contributed by atoms with Gasteiger partial charge in [-0.2, -0.15) is 0 Å². The van der Waals surface area contributed by atoms with Crippen LogP contribution in [0, 0.1) is 0 Å². The highest BCUT2D eigenvalue weighted by atomic mass is 32.1. The monoisotopic (exact) mass is 497 g/mol. The molecule has 1 heterocycles. The van der Waals surface area contributed by atoms with Crippen LogP contribution in [0.3, 0.4) is 0 Å². The summed E-state index contributed by atoms with van der Waals surface area (Å²) in [4.78, 5) is 37.2. The molecule has 0 fully saturated rings. The van der Waals surface area contributed by atoms with Gasteiger partial charge in [0.1, 0.15) is 0 Å². The Balaban J connectivity index is 1.47. The minimum atomic E-state index is -0.475. The lowest BCUT2D eigenvalue weighted by Gasteiger charge is -2.18. The topological polar surface area (TPSA) is 72.5 Å². The number of benzene rings is 3. The first-order valence-electron chi connectivity index (χ1n) is 11.8. The van der Waals surface area contributed by atoms with E-state index in [1.807, 2.05) is 90.3 Å². The zero-order valence-electron chi connectivity index (χ0n) is 20.2. The molecule has 1 N–H and O–H groups in total. The fourth-order valence-electron chi connectivity index (χ4n) is 3.91. The molecule has 1 aromatic heterocycles. The molecule has 0 aliphatic carbocycles. The third-order valence-electron chi connectivity index (χ3n) is 5.85. The summed E-state index contributed by atoms with van der Waals surface area (Å²) in [5.74, 6) is -0.536. The molecule has 5 nitrogen and oxygen atoms in total. The summed E-state index contributed by atoms with van der Waals surface area (Å²) in [6.07, 6.45) is 0.0662. The zero-order chi connectivity index (χ0) is 25.5. The fraction of sp³-hybridized carbons (Fsp3) is 0.167. The quantitative estimate of drug-likeness (QED) is 0.206. The van der Waals surface area contributed by atoms with E-state index < -0.39 is 6.04 Å². The Labute approximate surface area is 214 Å². The summed E-state index contributed by atoms with van der Waals surface area (Å²) in [5, 5.41) is 4.95. The lowest BCUT2D eigenvalue weighted by molar-refractivity contribution is -0.143. The van der Waals surface area contributed by atoms with Crippen molar-refractivity contribution in [2.24, 2.45) is 0 Å². The van der Waals surface area contributed by atoms with Crippen molar-refractivity contribution in [3.05, 3.63) is 106 Å². The third-order valence-corrected chi connectivity index (χ3v) is 6.78. The van der Waals surface area contributed by atoms with Crippen LogP contribution in [0.2, 0.25) is 0 Å². The first kappa shape index (κ1) is 25.1. The Morgan fingerprint density at radius 1 is 0.833 bits per heavy atom. The zero-order valence-corrected chi connectivity index (χ0v) is 21.0. The van der Waals surface area contributed by atoms with Crippen LogP contribution < -0.4 is 5.32 Å². The molecule has 36 heavy (non-hydrogen) atoms. The molecule has 1 amide bonds. The molecule has 6 heteroatoms. The number of amides is 1. The predicted octanol–water partition coefficient (Wildman–Crippen LogP) is 6.71. The summed E-state index contributed by atoms with van der Waals surface area (Å²) in [5.41, 5.74) is 5.57. The van der Waals surface area contributed by atoms with Gasteiger partial charge in [-0.1, -0.05) is 78.9 Å². The Kier molecular flexibility index (Phi) is 8.08. The van der Waals surface area contributed by atoms with Gasteiger partial charge in [-0.3, -0.25) is 14.4 Å². The van der Waals surface area contributed by atoms with Crippen LogP contribution in [0.4, 0.5) is 0 Å². The van der Waals surface area contributed by atoms with E-state index in [1.54, 1.807) is 13.8 Å². The maximum atomic E-state index is 13.1. The predicted molar refractivity (Wildman–Crippen MR) is 143 cm³/mol. The second-order valence-electron chi connectivity index (χ2n) is 8.36. The Bertz CT molecular complexity index is 1340. The highest BCUT2D eigenvalue weighted by Gasteiger charge is 2.21. The van der Waals surface area contributed by atoms with Crippen molar-refractivity contribution in [1.82, 2.24) is 5.32 Å². The van der Waals surface area contributed by atoms with E-state index >= 15 is 0 Å². The van der Waals surface area contributed by atoms with Gasteiger partial charge in [0.2, 0.25) is 0 Å². The molecular formula is C30H27NO4S. The molecule has 0 saturated carbocycles. The number of thiophene rings is 1. The van der Waals surface area contributed by atoms with E-state index in [0.29, 0.717) is 17.0 Å². The molecule has 0 unspecified atom stereocenters. The van der Waals surface area contributed by atoms with Crippen molar-refractivity contribution in [1.29, 1.82) is 0 Å². The second kappa shape index (κ2) is 11.6. The first-order chi connectivity index (χ1) is 17.4. The van der Waals surface area contributed by atoms with Crippen molar-refractivity contribution >= 4 is 29.0 Å². The lowest BCUT2D eigenvalue weighted by Crippen LogP contribution is -2.30. The average Bonchev–Trinajstić information content (AvgIpc) is 3.40. The van der Waals surface area contributed by atoms with Crippen molar-refractivity contribution in [3.8, 4) is 22.3 Å². The summed E-state index contributed by atoms with van der Waals surface area (Å²) in [6.45, 7) is 3.62. The minimum absolute atomic E-state index is 0.0465. The van der Waals surface area contributed by atoms with Crippen LogP contribution >= 0.6 is 11.3 Å². The molecule has 0 aliphatic heterocycles. The van der Waals surface area contributed by atoms with Crippen molar-refractivity contribution in [2.45, 2.75) is 26.3 Å². The van der Waals surface area contributed by atoms with E-state index in [1.165, 1.54) is 11.3 Å². The van der Waals surface area contributed by atoms with Crippen LogP contribution in [0.1, 0.15) is 51.9 Å². The van der Waals surface area contributed by atoms with Gasteiger partial charge in [0.15, 0.2) is 5.78 Å². The molecule has 0 saturated heterocycles. The lowest BCUT2D eigenvalue weighted by atomic mass is 10.00. The molecule has 182 valence electrons. The van der Waals surface area contributed by atoms with E-state index in [9.17, 15) is 14.4 Å². The van der Waals surface area contributed by atoms with Crippen LogP contribution in [-0.2, 0) is 9.53 Å². The maximum absolute atomic E-state index is 13.1. The smallest absolute Gasteiger partial charge is 0.308 e. The summed E-state index contributed by atoms with van der Waals surface area (Å²) in [7, 11) is 0. The van der Waals surface area contributed by atoms with Crippen LogP contribution in [0.25, 0.3) is 22.3 Å². The highest BCUT2D eigenvalue weighted by Crippen LogP contribution is 2.29. The molecule has 0 bridgehead atoms. The Morgan fingerprint density at radius 3 is 2.00 bits per heavy atom. The molecule has 4 rings (SSSR count). The van der Waals surface area contributed by atoms with Gasteiger partial charge in [-0.25, -0.2) is 0 Å². The van der Waals surface area contributed by atoms with Gasteiger partial charge in [0.05, 0.1) is 23.9 Å². The Morgan fingerprint density at radius 2 is 1.42 bits per heavy atom. The maximum Gasteiger partial charge on any atom is 0.308 e. The van der Waals surface area contributed by atoms with E-state index in [-0.39, 0.29) is 24.1 Å². The number of Topliss-reactive ketones (excluding diaryl/α,β-unsaturated/α-hetero) is 1. The number of hydrogen-bond donors (Lipinski definition) is 1. The number of ether oxygens (including phenoxy) is 1. The van der Waals surface area contributed by atoms with Gasteiger partial charge in [0.25, 0.3) is 5.91 Å². The molecule has 4 aromatic rings. The second-order valence-corrected chi connectivity index (χ2v) is 9.27. The van der Waals surface area contributed by atoms with E-state index in [2.05, 4.69) is 5.32 Å². The summed E-state index contributed by atoms with van der Waals surface area (Å²) >= 11 is 1.36. The van der Waals surface area contributed by atoms with Crippen molar-refractivity contribution in [2.75, 3.05) is 6.61 Å². The van der Waals surface area contributed by atoms with Crippen molar-refractivity contribution < 1.29 is 19.1 Å². The largest absolute Gasteiger partial charge is 0.466 e. The molecular weight excluding hydrogens is 470 g/mol. The van der Waals surface area contributed by atoms with Crippen LogP contribution in [0.5, 0.6) is 0 Å². The van der Waals surface area contributed by atoms with Crippen molar-refractivity contribution in [3.63, 3.8) is 0 Å². The molecule has 0 spiro atoms. The Hall–Kier alpha value is -4.03. The van der Waals surface area contributed by atoms with Crippen LogP contribution in [0.15, 0.2) is 90.3 Å². The molecule has 3 aromatic carbocycles. The number of nitrogens with one attached hydrogen (secondary N) is 1. The normalized spacial score (nSPS) is 11.5. The number of hydrogen-bond acceptors (Lipinski definition) is 5. The molecule has 0 radical (unpaired) electrons.